The van der Waals surface area contributed by atoms with Crippen molar-refractivity contribution >= 4 is 0 Å². The first-order chi connectivity index (χ1) is 10.2. The Morgan fingerprint density at radius 3 is 2.95 bits per heavy atom. The Kier molecular flexibility index (Phi) is 3.90. The lowest BCUT2D eigenvalue weighted by Crippen LogP contribution is -2.24. The van der Waals surface area contributed by atoms with Crippen molar-refractivity contribution in [1.29, 1.82) is 0 Å². The summed E-state index contributed by atoms with van der Waals surface area (Å²) in [5.41, 5.74) is 9.06. The number of methoxy groups -OCH3 is 1. The zero-order valence-corrected chi connectivity index (χ0v) is 11.9. The van der Waals surface area contributed by atoms with E-state index < -0.39 is 0 Å². The molecule has 0 spiro atoms. The molecule has 2 unspecified atom stereocenters. The van der Waals surface area contributed by atoms with E-state index in [1.807, 2.05) is 18.2 Å². The fourth-order valence-electron chi connectivity index (χ4n) is 2.73. The Labute approximate surface area is 123 Å². The van der Waals surface area contributed by atoms with E-state index in [2.05, 4.69) is 6.07 Å². The Morgan fingerprint density at radius 2 is 2.14 bits per heavy atom. The fraction of sp³-hybridized carbons (Fsp3) is 0.294. The van der Waals surface area contributed by atoms with Crippen LogP contribution < -0.4 is 10.5 Å². The highest BCUT2D eigenvalue weighted by Gasteiger charge is 2.27. The molecule has 2 aromatic carbocycles. The molecule has 2 N–H and O–H groups in total. The molecule has 0 saturated heterocycles. The van der Waals surface area contributed by atoms with Crippen molar-refractivity contribution in [3.05, 3.63) is 65.0 Å². The van der Waals surface area contributed by atoms with Crippen LogP contribution in [-0.4, -0.2) is 7.11 Å². The van der Waals surface area contributed by atoms with Crippen LogP contribution in [0.4, 0.5) is 4.39 Å². The minimum atomic E-state index is -0.284. The highest BCUT2D eigenvalue weighted by Crippen LogP contribution is 2.39. The molecule has 21 heavy (non-hydrogen) atoms. The molecule has 3 nitrogen and oxygen atoms in total. The highest BCUT2D eigenvalue weighted by molar-refractivity contribution is 5.40. The number of nitrogens with two attached hydrogens (primary N) is 1. The lowest BCUT2D eigenvalue weighted by atomic mass is 9.93. The number of rotatable bonds is 3. The lowest BCUT2D eigenvalue weighted by Gasteiger charge is -2.30. The van der Waals surface area contributed by atoms with Gasteiger partial charge < -0.3 is 15.2 Å². The summed E-state index contributed by atoms with van der Waals surface area (Å²) < 4.78 is 24.4. The summed E-state index contributed by atoms with van der Waals surface area (Å²) in [6.45, 7) is 0.564. The van der Waals surface area contributed by atoms with Crippen molar-refractivity contribution in [3.63, 3.8) is 0 Å². The fourth-order valence-corrected chi connectivity index (χ4v) is 2.73. The van der Waals surface area contributed by atoms with Crippen molar-refractivity contribution in [2.24, 2.45) is 5.73 Å². The number of halogens is 1. The minimum Gasteiger partial charge on any atom is -0.485 e. The zero-order chi connectivity index (χ0) is 14.8. The molecule has 2 atom stereocenters. The zero-order valence-electron chi connectivity index (χ0n) is 11.9. The van der Waals surface area contributed by atoms with E-state index in [0.717, 1.165) is 16.7 Å². The van der Waals surface area contributed by atoms with Crippen molar-refractivity contribution in [3.8, 4) is 5.75 Å². The van der Waals surface area contributed by atoms with Crippen LogP contribution in [0, 0.1) is 5.82 Å². The smallest absolute Gasteiger partial charge is 0.126 e. The van der Waals surface area contributed by atoms with Crippen LogP contribution in [0.2, 0.25) is 0 Å². The van der Waals surface area contributed by atoms with Crippen molar-refractivity contribution in [2.75, 3.05) is 7.11 Å². The van der Waals surface area contributed by atoms with E-state index in [4.69, 9.17) is 15.2 Å². The van der Waals surface area contributed by atoms with Crippen molar-refractivity contribution in [2.45, 2.75) is 25.2 Å². The second-order valence-electron chi connectivity index (χ2n) is 5.31. The number of fused-ring (bicyclic) bond motifs is 1. The van der Waals surface area contributed by atoms with Crippen LogP contribution >= 0.6 is 0 Å². The summed E-state index contributed by atoms with van der Waals surface area (Å²) in [6, 6.07) is 12.4. The molecular weight excluding hydrogens is 269 g/mol. The van der Waals surface area contributed by atoms with E-state index >= 15 is 0 Å². The number of hydrogen-bond acceptors (Lipinski definition) is 3. The molecule has 1 aliphatic heterocycles. The van der Waals surface area contributed by atoms with Crippen LogP contribution in [0.1, 0.15) is 35.3 Å². The van der Waals surface area contributed by atoms with Gasteiger partial charge in [-0.2, -0.15) is 0 Å². The normalized spacial score (nSPS) is 20.7. The predicted molar refractivity (Wildman–Crippen MR) is 78.5 cm³/mol. The molecule has 2 aromatic rings. The van der Waals surface area contributed by atoms with E-state index in [9.17, 15) is 4.39 Å². The van der Waals surface area contributed by atoms with Crippen LogP contribution in [-0.2, 0) is 11.3 Å². The molecule has 4 heteroatoms. The third kappa shape index (κ3) is 2.91. The quantitative estimate of drug-likeness (QED) is 0.939. The largest absolute Gasteiger partial charge is 0.485 e. The maximum atomic E-state index is 13.3. The van der Waals surface area contributed by atoms with Crippen LogP contribution in [0.3, 0.4) is 0 Å². The topological polar surface area (TPSA) is 44.5 Å². The first-order valence-electron chi connectivity index (χ1n) is 6.97. The summed E-state index contributed by atoms with van der Waals surface area (Å²) in [4.78, 5) is 0. The molecule has 0 aliphatic carbocycles. The van der Waals surface area contributed by atoms with E-state index in [0.29, 0.717) is 18.8 Å². The molecule has 0 aromatic heterocycles. The number of ether oxygens (including phenoxy) is 2. The third-order valence-electron chi connectivity index (χ3n) is 3.74. The van der Waals surface area contributed by atoms with E-state index in [1.165, 1.54) is 12.1 Å². The molecule has 0 amide bonds. The average Bonchev–Trinajstić information content (AvgIpc) is 2.48. The van der Waals surface area contributed by atoms with Crippen molar-refractivity contribution < 1.29 is 13.9 Å². The molecule has 3 rings (SSSR count). The molecule has 0 radical (unpaired) electrons. The summed E-state index contributed by atoms with van der Waals surface area (Å²) in [6.07, 6.45) is 0.516. The van der Waals surface area contributed by atoms with Gasteiger partial charge in [-0.05, 0) is 35.4 Å². The van der Waals surface area contributed by atoms with Gasteiger partial charge in [-0.25, -0.2) is 4.39 Å². The van der Waals surface area contributed by atoms with Crippen LogP contribution in [0.25, 0.3) is 0 Å². The van der Waals surface area contributed by atoms with Gasteiger partial charge in [0.2, 0.25) is 0 Å². The summed E-state index contributed by atoms with van der Waals surface area (Å²) in [5.74, 6) is 0.380. The van der Waals surface area contributed by atoms with Gasteiger partial charge in [0.05, 0.1) is 6.61 Å². The molecular formula is C17H18FNO2. The van der Waals surface area contributed by atoms with Crippen molar-refractivity contribution in [1.82, 2.24) is 0 Å². The number of hydrogen-bond donors (Lipinski definition) is 1. The first kappa shape index (κ1) is 14.0. The second kappa shape index (κ2) is 5.84. The van der Waals surface area contributed by atoms with Gasteiger partial charge in [0, 0.05) is 25.1 Å². The second-order valence-corrected chi connectivity index (χ2v) is 5.31. The minimum absolute atomic E-state index is 0.116. The summed E-state index contributed by atoms with van der Waals surface area (Å²) >= 11 is 0. The molecule has 0 saturated carbocycles. The van der Waals surface area contributed by atoms with Crippen LogP contribution in [0.5, 0.6) is 5.75 Å². The predicted octanol–water partition coefficient (Wildman–Crippen LogP) is 3.50. The standard InChI is InChI=1S/C17H18FNO2/c1-20-10-11-3-2-4-12(7-11)17-9-15(19)14-8-13(18)5-6-16(14)21-17/h2-8,15,17H,9-10,19H2,1H3. The van der Waals surface area contributed by atoms with Gasteiger partial charge in [0.15, 0.2) is 0 Å². The number of benzene rings is 2. The molecule has 1 aliphatic rings. The average molecular weight is 287 g/mol. The molecule has 0 fully saturated rings. The van der Waals surface area contributed by atoms with Gasteiger partial charge in [-0.1, -0.05) is 18.2 Å². The Hall–Kier alpha value is -1.91. The highest BCUT2D eigenvalue weighted by atomic mass is 19.1. The summed E-state index contributed by atoms with van der Waals surface area (Å²) in [5, 5.41) is 0. The first-order valence-corrected chi connectivity index (χ1v) is 6.97. The van der Waals surface area contributed by atoms with Gasteiger partial charge in [0.1, 0.15) is 17.7 Å². The lowest BCUT2D eigenvalue weighted by molar-refractivity contribution is 0.160. The van der Waals surface area contributed by atoms with Gasteiger partial charge in [-0.3, -0.25) is 0 Å². The van der Waals surface area contributed by atoms with Gasteiger partial charge in [0.25, 0.3) is 0 Å². The van der Waals surface area contributed by atoms with Gasteiger partial charge >= 0.3 is 0 Å². The Balaban J connectivity index is 1.88. The molecule has 0 bridgehead atoms. The summed E-state index contributed by atoms with van der Waals surface area (Å²) in [7, 11) is 1.67. The maximum absolute atomic E-state index is 13.3. The van der Waals surface area contributed by atoms with E-state index in [1.54, 1.807) is 13.2 Å². The van der Waals surface area contributed by atoms with E-state index in [-0.39, 0.29) is 18.0 Å². The van der Waals surface area contributed by atoms with Crippen LogP contribution in [0.15, 0.2) is 42.5 Å². The Bertz CT molecular complexity index is 644. The third-order valence-corrected chi connectivity index (χ3v) is 3.74. The molecule has 110 valence electrons. The van der Waals surface area contributed by atoms with Gasteiger partial charge in [-0.15, -0.1) is 0 Å². The monoisotopic (exact) mass is 287 g/mol. The molecule has 1 heterocycles. The maximum Gasteiger partial charge on any atom is 0.126 e. The SMILES string of the molecule is COCc1cccc(C2CC(N)c3cc(F)ccc3O2)c1. The Morgan fingerprint density at radius 1 is 1.29 bits per heavy atom.